The van der Waals surface area contributed by atoms with Gasteiger partial charge in [-0.3, -0.25) is 0 Å². The maximum atomic E-state index is 3.85. The maximum Gasteiger partial charge on any atom is 0.0291 e. The van der Waals surface area contributed by atoms with Crippen LogP contribution in [0.15, 0.2) is 36.9 Å². The van der Waals surface area contributed by atoms with Gasteiger partial charge in [0.1, 0.15) is 0 Å². The molecule has 0 aromatic heterocycles. The molecule has 0 saturated carbocycles. The zero-order valence-electron chi connectivity index (χ0n) is 7.43. The Balaban J connectivity index is 2.92. The molecule has 2 heteroatoms. The molecule has 14 heavy (non-hydrogen) atoms. The molecule has 0 fully saturated rings. The maximum absolute atomic E-state index is 3.85. The second-order valence-corrected chi connectivity index (χ2v) is 5.25. The molecule has 0 N–H and O–H groups in total. The molecule has 2 aromatic rings. The first-order chi connectivity index (χ1) is 6.74. The molecule has 0 amide bonds. The zero-order valence-corrected chi connectivity index (χ0v) is 11.7. The molecule has 0 atom stereocenters. The molecule has 70 valence electrons. The van der Waals surface area contributed by atoms with E-state index in [4.69, 9.17) is 0 Å². The van der Waals surface area contributed by atoms with Gasteiger partial charge >= 0.3 is 0 Å². The predicted octanol–water partition coefficient (Wildman–Crippen LogP) is 4.69. The summed E-state index contributed by atoms with van der Waals surface area (Å²) in [6.45, 7) is 3.85. The largest absolute Gasteiger partial charge is 0.0984 e. The minimum atomic E-state index is 1.24. The Morgan fingerprint density at radius 3 is 2.57 bits per heavy atom. The normalized spacial score (nSPS) is 10.4. The second-order valence-electron chi connectivity index (χ2n) is 3.01. The third-order valence-electron chi connectivity index (χ3n) is 2.18. The van der Waals surface area contributed by atoms with Crippen molar-refractivity contribution >= 4 is 62.0 Å². The van der Waals surface area contributed by atoms with Crippen molar-refractivity contribution in [1.82, 2.24) is 0 Å². The molecule has 2 aromatic carbocycles. The van der Waals surface area contributed by atoms with E-state index < -0.39 is 0 Å². The summed E-state index contributed by atoms with van der Waals surface area (Å²) in [5, 5.41) is 2.61. The van der Waals surface area contributed by atoms with Gasteiger partial charge in [-0.25, -0.2) is 0 Å². The molecule has 0 spiro atoms. The first-order valence-corrected chi connectivity index (χ1v) is 6.39. The van der Waals surface area contributed by atoms with Gasteiger partial charge in [0.25, 0.3) is 0 Å². The molecular formula is C12H8I2. The Morgan fingerprint density at radius 2 is 1.86 bits per heavy atom. The zero-order chi connectivity index (χ0) is 10.1. The Morgan fingerprint density at radius 1 is 1.14 bits per heavy atom. The number of hydrogen-bond donors (Lipinski definition) is 0. The highest BCUT2D eigenvalue weighted by Crippen LogP contribution is 2.28. The fourth-order valence-electron chi connectivity index (χ4n) is 1.47. The van der Waals surface area contributed by atoms with Gasteiger partial charge in [-0.1, -0.05) is 36.9 Å². The van der Waals surface area contributed by atoms with E-state index in [0.717, 1.165) is 0 Å². The fourth-order valence-corrected chi connectivity index (χ4v) is 3.82. The van der Waals surface area contributed by atoms with Crippen molar-refractivity contribution in [2.45, 2.75) is 0 Å². The van der Waals surface area contributed by atoms with Crippen molar-refractivity contribution in [3.63, 3.8) is 0 Å². The van der Waals surface area contributed by atoms with Crippen molar-refractivity contribution in [1.29, 1.82) is 0 Å². The molecule has 0 bridgehead atoms. The van der Waals surface area contributed by atoms with Gasteiger partial charge in [-0.2, -0.15) is 0 Å². The third-order valence-corrected chi connectivity index (χ3v) is 4.23. The van der Waals surface area contributed by atoms with E-state index in [1.54, 1.807) is 0 Å². The van der Waals surface area contributed by atoms with E-state index in [0.29, 0.717) is 0 Å². The monoisotopic (exact) mass is 406 g/mol. The Kier molecular flexibility index (Phi) is 3.11. The summed E-state index contributed by atoms with van der Waals surface area (Å²) in [6.07, 6.45) is 1.93. The highest BCUT2D eigenvalue weighted by atomic mass is 127. The summed E-state index contributed by atoms with van der Waals surface area (Å²) in [5.74, 6) is 0. The van der Waals surface area contributed by atoms with Crippen LogP contribution in [0.1, 0.15) is 5.56 Å². The van der Waals surface area contributed by atoms with Crippen LogP contribution in [0.3, 0.4) is 0 Å². The molecule has 0 unspecified atom stereocenters. The standard InChI is InChI=1S/C12H8I2/c1-2-9-11(13)7-8-5-3-4-6-10(8)12(9)14/h2-7H,1H2. The van der Waals surface area contributed by atoms with Crippen LogP contribution in [0.5, 0.6) is 0 Å². The van der Waals surface area contributed by atoms with E-state index in [9.17, 15) is 0 Å². The Hall–Kier alpha value is -0.100. The molecule has 2 rings (SSSR count). The van der Waals surface area contributed by atoms with E-state index in [1.165, 1.54) is 23.5 Å². The first kappa shape index (κ1) is 10.4. The number of rotatable bonds is 1. The smallest absolute Gasteiger partial charge is 0.0291 e. The summed E-state index contributed by atoms with van der Waals surface area (Å²) < 4.78 is 2.56. The highest BCUT2D eigenvalue weighted by Gasteiger charge is 2.05. The van der Waals surface area contributed by atoms with Crippen LogP contribution in [0.4, 0.5) is 0 Å². The average molecular weight is 406 g/mol. The Bertz CT molecular complexity index is 501. The van der Waals surface area contributed by atoms with E-state index in [-0.39, 0.29) is 0 Å². The van der Waals surface area contributed by atoms with Gasteiger partial charge in [-0.05, 0) is 62.0 Å². The van der Waals surface area contributed by atoms with Crippen molar-refractivity contribution in [3.05, 3.63) is 49.6 Å². The van der Waals surface area contributed by atoms with Gasteiger partial charge in [0.15, 0.2) is 0 Å². The van der Waals surface area contributed by atoms with Gasteiger partial charge < -0.3 is 0 Å². The number of fused-ring (bicyclic) bond motifs is 1. The quantitative estimate of drug-likeness (QED) is 0.603. The molecule has 0 heterocycles. The lowest BCUT2D eigenvalue weighted by Gasteiger charge is -2.06. The van der Waals surface area contributed by atoms with Gasteiger partial charge in [0.05, 0.1) is 0 Å². The number of benzene rings is 2. The molecule has 0 nitrogen and oxygen atoms in total. The SMILES string of the molecule is C=Cc1c(I)cc2ccccc2c1I. The average Bonchev–Trinajstić information content (AvgIpc) is 2.18. The van der Waals surface area contributed by atoms with Crippen molar-refractivity contribution in [2.24, 2.45) is 0 Å². The lowest BCUT2D eigenvalue weighted by Crippen LogP contribution is -1.87. The van der Waals surface area contributed by atoms with Crippen LogP contribution >= 0.6 is 45.2 Å². The van der Waals surface area contributed by atoms with Gasteiger partial charge in [0, 0.05) is 12.7 Å². The fraction of sp³-hybridized carbons (Fsp3) is 0. The lowest BCUT2D eigenvalue weighted by molar-refractivity contribution is 1.61. The molecule has 0 aliphatic carbocycles. The number of halogens is 2. The molecule has 0 saturated heterocycles. The Labute approximate surface area is 111 Å². The predicted molar refractivity (Wildman–Crippen MR) is 79.5 cm³/mol. The van der Waals surface area contributed by atoms with E-state index >= 15 is 0 Å². The summed E-state index contributed by atoms with van der Waals surface area (Å²) in [4.78, 5) is 0. The number of hydrogen-bond acceptors (Lipinski definition) is 0. The van der Waals surface area contributed by atoms with Gasteiger partial charge in [0.2, 0.25) is 0 Å². The molecule has 0 aliphatic rings. The summed E-state index contributed by atoms with van der Waals surface area (Å²) in [6, 6.07) is 10.6. The minimum Gasteiger partial charge on any atom is -0.0984 e. The van der Waals surface area contributed by atoms with Crippen LogP contribution in [-0.2, 0) is 0 Å². The summed E-state index contributed by atoms with van der Waals surface area (Å²) >= 11 is 4.75. The molecule has 0 radical (unpaired) electrons. The topological polar surface area (TPSA) is 0 Å². The van der Waals surface area contributed by atoms with E-state index in [1.807, 2.05) is 6.08 Å². The second kappa shape index (κ2) is 4.18. The minimum absolute atomic E-state index is 1.24. The third kappa shape index (κ3) is 1.69. The summed E-state index contributed by atoms with van der Waals surface area (Å²) in [7, 11) is 0. The van der Waals surface area contributed by atoms with Crippen molar-refractivity contribution < 1.29 is 0 Å². The highest BCUT2D eigenvalue weighted by molar-refractivity contribution is 14.1. The van der Waals surface area contributed by atoms with Crippen LogP contribution < -0.4 is 0 Å². The van der Waals surface area contributed by atoms with E-state index in [2.05, 4.69) is 82.1 Å². The van der Waals surface area contributed by atoms with Crippen LogP contribution in [0, 0.1) is 7.14 Å². The van der Waals surface area contributed by atoms with Crippen molar-refractivity contribution in [3.8, 4) is 0 Å². The summed E-state index contributed by atoms with van der Waals surface area (Å²) in [5.41, 5.74) is 1.24. The lowest BCUT2D eigenvalue weighted by atomic mass is 10.1. The van der Waals surface area contributed by atoms with Crippen molar-refractivity contribution in [2.75, 3.05) is 0 Å². The first-order valence-electron chi connectivity index (χ1n) is 4.23. The van der Waals surface area contributed by atoms with Crippen LogP contribution in [-0.4, -0.2) is 0 Å². The van der Waals surface area contributed by atoms with Crippen LogP contribution in [0.25, 0.3) is 16.8 Å². The molecular weight excluding hydrogens is 398 g/mol. The molecule has 0 aliphatic heterocycles. The van der Waals surface area contributed by atoms with Crippen LogP contribution in [0.2, 0.25) is 0 Å². The van der Waals surface area contributed by atoms with Gasteiger partial charge in [-0.15, -0.1) is 0 Å².